The summed E-state index contributed by atoms with van der Waals surface area (Å²) in [6, 6.07) is 0.624. The molecule has 0 radical (unpaired) electrons. The predicted octanol–water partition coefficient (Wildman–Crippen LogP) is 1.96. The average Bonchev–Trinajstić information content (AvgIpc) is 1.96. The Hall–Kier alpha value is -0.0800. The topological polar surface area (TPSA) is 15.3 Å². The van der Waals surface area contributed by atoms with E-state index in [9.17, 15) is 0 Å². The zero-order valence-electron chi connectivity index (χ0n) is 10.1. The Labute approximate surface area is 83.7 Å². The first-order valence-electron chi connectivity index (χ1n) is 5.28. The molecule has 0 rings (SSSR count). The lowest BCUT2D eigenvalue weighted by Crippen LogP contribution is -2.41. The van der Waals surface area contributed by atoms with E-state index in [4.69, 9.17) is 0 Å². The second-order valence-electron chi connectivity index (χ2n) is 5.13. The fourth-order valence-corrected chi connectivity index (χ4v) is 1.41. The van der Waals surface area contributed by atoms with Crippen LogP contribution < -0.4 is 5.32 Å². The molecule has 0 aliphatic rings. The lowest BCUT2D eigenvalue weighted by Gasteiger charge is -2.31. The molecule has 0 spiro atoms. The Bertz CT molecular complexity index is 127. The molecule has 13 heavy (non-hydrogen) atoms. The Kier molecular flexibility index (Phi) is 5.57. The minimum atomic E-state index is 0.398. The summed E-state index contributed by atoms with van der Waals surface area (Å²) in [4.78, 5) is 2.42. The van der Waals surface area contributed by atoms with E-state index < -0.39 is 0 Å². The first-order chi connectivity index (χ1) is 5.87. The molecule has 0 aromatic carbocycles. The summed E-state index contributed by atoms with van der Waals surface area (Å²) in [5, 5.41) is 3.37. The summed E-state index contributed by atoms with van der Waals surface area (Å²) in [6.07, 6.45) is 0. The largest absolute Gasteiger partial charge is 0.315 e. The minimum Gasteiger partial charge on any atom is -0.315 e. The van der Waals surface area contributed by atoms with Crippen LogP contribution in [0.2, 0.25) is 0 Å². The Balaban J connectivity index is 3.75. The Morgan fingerprint density at radius 1 is 1.31 bits per heavy atom. The molecular weight excluding hydrogens is 160 g/mol. The van der Waals surface area contributed by atoms with Crippen molar-refractivity contribution in [1.82, 2.24) is 10.2 Å². The molecule has 1 atom stereocenters. The highest BCUT2D eigenvalue weighted by atomic mass is 15.1. The van der Waals surface area contributed by atoms with Crippen LogP contribution in [-0.4, -0.2) is 37.6 Å². The second kappa shape index (κ2) is 5.61. The van der Waals surface area contributed by atoms with E-state index in [-0.39, 0.29) is 0 Å². The SMILES string of the molecule is CCNCC(C)N(C)CC(C)(C)C. The van der Waals surface area contributed by atoms with Gasteiger partial charge >= 0.3 is 0 Å². The van der Waals surface area contributed by atoms with E-state index >= 15 is 0 Å². The van der Waals surface area contributed by atoms with Crippen molar-refractivity contribution in [2.45, 2.75) is 40.7 Å². The quantitative estimate of drug-likeness (QED) is 0.706. The maximum atomic E-state index is 3.37. The number of hydrogen-bond donors (Lipinski definition) is 1. The molecule has 2 nitrogen and oxygen atoms in total. The molecule has 2 heteroatoms. The van der Waals surface area contributed by atoms with Crippen molar-refractivity contribution in [2.24, 2.45) is 5.41 Å². The zero-order valence-corrected chi connectivity index (χ0v) is 10.1. The molecule has 0 saturated heterocycles. The van der Waals surface area contributed by atoms with E-state index in [2.05, 4.69) is 51.9 Å². The van der Waals surface area contributed by atoms with Crippen molar-refractivity contribution in [2.75, 3.05) is 26.7 Å². The smallest absolute Gasteiger partial charge is 0.0189 e. The number of nitrogens with zero attached hydrogens (tertiary/aromatic N) is 1. The molecule has 0 aromatic heterocycles. The molecule has 0 aliphatic carbocycles. The standard InChI is InChI=1S/C11H26N2/c1-7-12-8-10(2)13(6)9-11(3,4)5/h10,12H,7-9H2,1-6H3. The van der Waals surface area contributed by atoms with Gasteiger partial charge in [0.1, 0.15) is 0 Å². The van der Waals surface area contributed by atoms with Crippen LogP contribution in [0.5, 0.6) is 0 Å². The fourth-order valence-electron chi connectivity index (χ4n) is 1.41. The van der Waals surface area contributed by atoms with Gasteiger partial charge in [-0.2, -0.15) is 0 Å². The van der Waals surface area contributed by atoms with E-state index in [1.165, 1.54) is 0 Å². The van der Waals surface area contributed by atoms with Crippen LogP contribution in [0.15, 0.2) is 0 Å². The highest BCUT2D eigenvalue weighted by molar-refractivity contribution is 4.72. The highest BCUT2D eigenvalue weighted by Crippen LogP contribution is 2.15. The molecule has 0 saturated carbocycles. The average molecular weight is 186 g/mol. The minimum absolute atomic E-state index is 0.398. The Morgan fingerprint density at radius 3 is 2.23 bits per heavy atom. The predicted molar refractivity (Wildman–Crippen MR) is 60.1 cm³/mol. The summed E-state index contributed by atoms with van der Waals surface area (Å²) >= 11 is 0. The van der Waals surface area contributed by atoms with Crippen LogP contribution in [0.3, 0.4) is 0 Å². The van der Waals surface area contributed by atoms with Crippen molar-refractivity contribution in [3.63, 3.8) is 0 Å². The van der Waals surface area contributed by atoms with Crippen molar-refractivity contribution in [1.29, 1.82) is 0 Å². The van der Waals surface area contributed by atoms with E-state index in [1.54, 1.807) is 0 Å². The first kappa shape index (κ1) is 12.9. The fraction of sp³-hybridized carbons (Fsp3) is 1.00. The van der Waals surface area contributed by atoms with Crippen LogP contribution in [0.1, 0.15) is 34.6 Å². The van der Waals surface area contributed by atoms with Gasteiger partial charge in [-0.15, -0.1) is 0 Å². The monoisotopic (exact) mass is 186 g/mol. The number of nitrogens with one attached hydrogen (secondary N) is 1. The van der Waals surface area contributed by atoms with Crippen LogP contribution in [0.25, 0.3) is 0 Å². The summed E-state index contributed by atoms with van der Waals surface area (Å²) in [5.41, 5.74) is 0.398. The summed E-state index contributed by atoms with van der Waals surface area (Å²) < 4.78 is 0. The molecule has 1 N–H and O–H groups in total. The van der Waals surface area contributed by atoms with Gasteiger partial charge in [0.2, 0.25) is 0 Å². The first-order valence-corrected chi connectivity index (χ1v) is 5.28. The number of rotatable bonds is 5. The molecule has 0 aliphatic heterocycles. The van der Waals surface area contributed by atoms with Crippen LogP contribution in [0.4, 0.5) is 0 Å². The van der Waals surface area contributed by atoms with Gasteiger partial charge in [0.05, 0.1) is 0 Å². The summed E-state index contributed by atoms with van der Waals surface area (Å²) in [5.74, 6) is 0. The molecular formula is C11H26N2. The highest BCUT2D eigenvalue weighted by Gasteiger charge is 2.16. The second-order valence-corrected chi connectivity index (χ2v) is 5.13. The van der Waals surface area contributed by atoms with Crippen molar-refractivity contribution in [3.05, 3.63) is 0 Å². The Morgan fingerprint density at radius 2 is 1.85 bits per heavy atom. The zero-order chi connectivity index (χ0) is 10.5. The van der Waals surface area contributed by atoms with Crippen LogP contribution in [0, 0.1) is 5.41 Å². The van der Waals surface area contributed by atoms with Gasteiger partial charge < -0.3 is 10.2 Å². The lowest BCUT2D eigenvalue weighted by atomic mass is 9.96. The van der Waals surface area contributed by atoms with E-state index in [0.717, 1.165) is 19.6 Å². The van der Waals surface area contributed by atoms with Gasteiger partial charge in [0.15, 0.2) is 0 Å². The van der Waals surface area contributed by atoms with Gasteiger partial charge in [-0.25, -0.2) is 0 Å². The van der Waals surface area contributed by atoms with Crippen LogP contribution in [-0.2, 0) is 0 Å². The summed E-state index contributed by atoms with van der Waals surface area (Å²) in [6.45, 7) is 14.6. The molecule has 80 valence electrons. The van der Waals surface area contributed by atoms with Gasteiger partial charge in [0, 0.05) is 19.1 Å². The van der Waals surface area contributed by atoms with Crippen molar-refractivity contribution in [3.8, 4) is 0 Å². The van der Waals surface area contributed by atoms with Gasteiger partial charge in [-0.05, 0) is 25.9 Å². The van der Waals surface area contributed by atoms with Crippen LogP contribution >= 0.6 is 0 Å². The van der Waals surface area contributed by atoms with E-state index in [0.29, 0.717) is 11.5 Å². The molecule has 0 bridgehead atoms. The molecule has 0 amide bonds. The number of likely N-dealkylation sites (N-methyl/N-ethyl adjacent to an activating group) is 2. The third-order valence-corrected chi connectivity index (χ3v) is 2.17. The molecule has 0 fully saturated rings. The summed E-state index contributed by atoms with van der Waals surface area (Å²) in [7, 11) is 2.20. The van der Waals surface area contributed by atoms with Gasteiger partial charge in [-0.1, -0.05) is 27.7 Å². The normalized spacial score (nSPS) is 15.0. The molecule has 1 unspecified atom stereocenters. The maximum absolute atomic E-state index is 3.37. The molecule has 0 heterocycles. The third-order valence-electron chi connectivity index (χ3n) is 2.17. The molecule has 0 aromatic rings. The van der Waals surface area contributed by atoms with Crippen molar-refractivity contribution >= 4 is 0 Å². The van der Waals surface area contributed by atoms with Gasteiger partial charge in [0.25, 0.3) is 0 Å². The van der Waals surface area contributed by atoms with Crippen molar-refractivity contribution < 1.29 is 0 Å². The number of hydrogen-bond acceptors (Lipinski definition) is 2. The van der Waals surface area contributed by atoms with E-state index in [1.807, 2.05) is 0 Å². The van der Waals surface area contributed by atoms with Gasteiger partial charge in [-0.3, -0.25) is 0 Å². The lowest BCUT2D eigenvalue weighted by molar-refractivity contribution is 0.179. The third kappa shape index (κ3) is 7.03. The maximum Gasteiger partial charge on any atom is 0.0189 e.